The Balaban J connectivity index is 2.42. The van der Waals surface area contributed by atoms with Crippen LogP contribution < -0.4 is 15.8 Å². The normalized spacial score (nSPS) is 12.1. The number of aromatic nitrogens is 2. The van der Waals surface area contributed by atoms with E-state index in [-0.39, 0.29) is 0 Å². The topological polar surface area (TPSA) is 90.1 Å². The van der Waals surface area contributed by atoms with Gasteiger partial charge in [-0.2, -0.15) is 4.98 Å². The third kappa shape index (κ3) is 4.01. The van der Waals surface area contributed by atoms with Crippen molar-refractivity contribution in [2.75, 3.05) is 11.9 Å². The van der Waals surface area contributed by atoms with Crippen molar-refractivity contribution in [3.63, 3.8) is 0 Å². The van der Waals surface area contributed by atoms with E-state index in [1.165, 1.54) is 0 Å². The number of carbonyl (C=O) groups excluding carboxylic acids is 1. The Morgan fingerprint density at radius 1 is 1.69 bits per heavy atom. The highest BCUT2D eigenvalue weighted by Crippen LogP contribution is 2.17. The number of amides is 1. The smallest absolute Gasteiger partial charge is 0.330 e. The fourth-order valence-corrected chi connectivity index (χ4v) is 1.50. The van der Waals surface area contributed by atoms with E-state index in [1.54, 1.807) is 6.92 Å². The van der Waals surface area contributed by atoms with Crippen molar-refractivity contribution in [1.82, 2.24) is 9.36 Å². The SMILES string of the molecule is CCCCOc1nsc(N[C@@H](C)C(N)=O)n1. The molecule has 1 heterocycles. The molecule has 3 N–H and O–H groups in total. The molecule has 0 radical (unpaired) electrons. The molecule has 0 aliphatic carbocycles. The number of nitrogens with one attached hydrogen (secondary N) is 1. The number of carbonyl (C=O) groups is 1. The molecule has 1 amide bonds. The number of rotatable bonds is 7. The summed E-state index contributed by atoms with van der Waals surface area (Å²) >= 11 is 1.15. The fourth-order valence-electron chi connectivity index (χ4n) is 0.891. The van der Waals surface area contributed by atoms with Crippen LogP contribution >= 0.6 is 11.5 Å². The van der Waals surface area contributed by atoms with Gasteiger partial charge >= 0.3 is 6.01 Å². The van der Waals surface area contributed by atoms with E-state index in [4.69, 9.17) is 10.5 Å². The Hall–Kier alpha value is -1.37. The first-order valence-corrected chi connectivity index (χ1v) is 5.93. The molecule has 6 nitrogen and oxygen atoms in total. The minimum atomic E-state index is -0.462. The van der Waals surface area contributed by atoms with E-state index in [2.05, 4.69) is 21.6 Å². The molecule has 1 rings (SSSR count). The molecule has 0 bridgehead atoms. The zero-order chi connectivity index (χ0) is 12.0. The van der Waals surface area contributed by atoms with Gasteiger partial charge in [-0.3, -0.25) is 4.79 Å². The van der Waals surface area contributed by atoms with Gasteiger partial charge in [-0.15, -0.1) is 4.37 Å². The number of unbranched alkanes of at least 4 members (excludes halogenated alkanes) is 1. The summed E-state index contributed by atoms with van der Waals surface area (Å²) in [5.74, 6) is -0.427. The second-order valence-corrected chi connectivity index (χ2v) is 4.10. The molecule has 0 unspecified atom stereocenters. The van der Waals surface area contributed by atoms with E-state index in [0.29, 0.717) is 17.7 Å². The third-order valence-corrected chi connectivity index (χ3v) is 2.53. The van der Waals surface area contributed by atoms with Crippen LogP contribution in [0.15, 0.2) is 0 Å². The highest BCUT2D eigenvalue weighted by molar-refractivity contribution is 7.09. The van der Waals surface area contributed by atoms with Crippen LogP contribution in [0.1, 0.15) is 26.7 Å². The van der Waals surface area contributed by atoms with Crippen LogP contribution in [-0.2, 0) is 4.79 Å². The van der Waals surface area contributed by atoms with Crippen molar-refractivity contribution < 1.29 is 9.53 Å². The maximum atomic E-state index is 10.8. The molecule has 0 saturated carbocycles. The van der Waals surface area contributed by atoms with E-state index in [9.17, 15) is 4.79 Å². The molecule has 0 fully saturated rings. The molecule has 7 heteroatoms. The Labute approximate surface area is 98.4 Å². The number of ether oxygens (including phenoxy) is 1. The predicted octanol–water partition coefficient (Wildman–Crippen LogP) is 1.00. The molecule has 16 heavy (non-hydrogen) atoms. The number of hydrogen-bond acceptors (Lipinski definition) is 6. The monoisotopic (exact) mass is 244 g/mol. The quantitative estimate of drug-likeness (QED) is 0.698. The largest absolute Gasteiger partial charge is 0.463 e. The summed E-state index contributed by atoms with van der Waals surface area (Å²) in [6.45, 7) is 4.36. The number of nitrogens with two attached hydrogens (primary N) is 1. The van der Waals surface area contributed by atoms with E-state index in [1.807, 2.05) is 0 Å². The molecule has 0 saturated heterocycles. The zero-order valence-electron chi connectivity index (χ0n) is 9.40. The Bertz CT molecular complexity index is 342. The van der Waals surface area contributed by atoms with Crippen molar-refractivity contribution >= 4 is 22.6 Å². The van der Waals surface area contributed by atoms with Gasteiger partial charge in [-0.25, -0.2) is 0 Å². The Kier molecular flexibility index (Phi) is 4.97. The molecule has 0 aromatic carbocycles. The number of anilines is 1. The standard InChI is InChI=1S/C9H16N4O2S/c1-3-4-5-15-8-12-9(16-13-8)11-6(2)7(10)14/h6H,3-5H2,1-2H3,(H2,10,14)(H,11,12,13)/t6-/m0/s1. The van der Waals surface area contributed by atoms with Gasteiger partial charge in [0.2, 0.25) is 11.0 Å². The molecule has 90 valence electrons. The van der Waals surface area contributed by atoms with Gasteiger partial charge in [-0.1, -0.05) is 13.3 Å². The first-order valence-electron chi connectivity index (χ1n) is 5.15. The van der Waals surface area contributed by atoms with Crippen LogP contribution in [0.4, 0.5) is 5.13 Å². The van der Waals surface area contributed by atoms with Crippen LogP contribution in [0.2, 0.25) is 0 Å². The second-order valence-electron chi connectivity index (χ2n) is 3.35. The Morgan fingerprint density at radius 3 is 3.06 bits per heavy atom. The molecule has 1 atom stereocenters. The zero-order valence-corrected chi connectivity index (χ0v) is 10.2. The lowest BCUT2D eigenvalue weighted by atomic mass is 10.3. The van der Waals surface area contributed by atoms with Gasteiger partial charge in [0.1, 0.15) is 6.04 Å². The highest BCUT2D eigenvalue weighted by atomic mass is 32.1. The lowest BCUT2D eigenvalue weighted by molar-refractivity contribution is -0.118. The van der Waals surface area contributed by atoms with Gasteiger partial charge < -0.3 is 15.8 Å². The summed E-state index contributed by atoms with van der Waals surface area (Å²) in [6, 6.07) is -0.117. The first kappa shape index (κ1) is 12.7. The Morgan fingerprint density at radius 2 is 2.44 bits per heavy atom. The lowest BCUT2D eigenvalue weighted by Gasteiger charge is -2.06. The first-order chi connectivity index (χ1) is 7.63. The molecule has 0 spiro atoms. The molecular formula is C9H16N4O2S. The maximum absolute atomic E-state index is 10.8. The average molecular weight is 244 g/mol. The van der Waals surface area contributed by atoms with Gasteiger partial charge in [0.15, 0.2) is 0 Å². The second kappa shape index (κ2) is 6.26. The summed E-state index contributed by atoms with van der Waals surface area (Å²) < 4.78 is 9.30. The van der Waals surface area contributed by atoms with Gasteiger partial charge in [0.05, 0.1) is 6.61 Å². The van der Waals surface area contributed by atoms with E-state index >= 15 is 0 Å². The molecule has 0 aliphatic rings. The van der Waals surface area contributed by atoms with Gasteiger partial charge in [0.25, 0.3) is 0 Å². The van der Waals surface area contributed by atoms with Crippen molar-refractivity contribution in [2.24, 2.45) is 5.73 Å². The van der Waals surface area contributed by atoms with Gasteiger partial charge in [0, 0.05) is 11.5 Å². The predicted molar refractivity (Wildman–Crippen MR) is 62.6 cm³/mol. The minimum absolute atomic E-state index is 0.345. The van der Waals surface area contributed by atoms with Crippen LogP contribution in [0.25, 0.3) is 0 Å². The van der Waals surface area contributed by atoms with Crippen molar-refractivity contribution in [3.8, 4) is 6.01 Å². The number of hydrogen-bond donors (Lipinski definition) is 2. The van der Waals surface area contributed by atoms with Crippen LogP contribution in [-0.4, -0.2) is 27.9 Å². The summed E-state index contributed by atoms with van der Waals surface area (Å²) in [6.07, 6.45) is 2.04. The van der Waals surface area contributed by atoms with E-state index in [0.717, 1.165) is 24.4 Å². The van der Waals surface area contributed by atoms with Gasteiger partial charge in [-0.05, 0) is 13.3 Å². The summed E-state index contributed by atoms with van der Waals surface area (Å²) in [5, 5.41) is 3.38. The molecule has 0 aliphatic heterocycles. The lowest BCUT2D eigenvalue weighted by Crippen LogP contribution is -2.32. The molecular weight excluding hydrogens is 228 g/mol. The van der Waals surface area contributed by atoms with Crippen LogP contribution in [0.3, 0.4) is 0 Å². The van der Waals surface area contributed by atoms with Crippen molar-refractivity contribution in [1.29, 1.82) is 0 Å². The number of nitrogens with zero attached hydrogens (tertiary/aromatic N) is 2. The van der Waals surface area contributed by atoms with Crippen LogP contribution in [0.5, 0.6) is 6.01 Å². The highest BCUT2D eigenvalue weighted by Gasteiger charge is 2.11. The summed E-state index contributed by atoms with van der Waals surface area (Å²) in [5.41, 5.74) is 5.11. The minimum Gasteiger partial charge on any atom is -0.463 e. The van der Waals surface area contributed by atoms with Crippen LogP contribution in [0, 0.1) is 0 Å². The fraction of sp³-hybridized carbons (Fsp3) is 0.667. The maximum Gasteiger partial charge on any atom is 0.330 e. The summed E-state index contributed by atoms with van der Waals surface area (Å²) in [4.78, 5) is 14.9. The van der Waals surface area contributed by atoms with Crippen molar-refractivity contribution in [2.45, 2.75) is 32.7 Å². The molecule has 1 aromatic rings. The van der Waals surface area contributed by atoms with Crippen molar-refractivity contribution in [3.05, 3.63) is 0 Å². The average Bonchev–Trinajstić information content (AvgIpc) is 2.66. The molecule has 1 aromatic heterocycles. The van der Waals surface area contributed by atoms with E-state index < -0.39 is 11.9 Å². The third-order valence-electron chi connectivity index (χ3n) is 1.90. The number of primary amides is 1. The summed E-state index contributed by atoms with van der Waals surface area (Å²) in [7, 11) is 0.